The zero-order chi connectivity index (χ0) is 11.5. The van der Waals surface area contributed by atoms with Crippen molar-refractivity contribution < 1.29 is 4.74 Å². The first-order valence-electron chi connectivity index (χ1n) is 4.93. The third-order valence-corrected chi connectivity index (χ3v) is 3.21. The van der Waals surface area contributed by atoms with E-state index < -0.39 is 0 Å². The van der Waals surface area contributed by atoms with Gasteiger partial charge in [-0.2, -0.15) is 4.37 Å². The van der Waals surface area contributed by atoms with Crippen molar-refractivity contribution in [2.75, 3.05) is 7.11 Å². The number of hydrogen-bond donors (Lipinski definition) is 1. The molecule has 1 atom stereocenters. The van der Waals surface area contributed by atoms with Gasteiger partial charge in [0.15, 0.2) is 0 Å². The molecule has 2 N–H and O–H groups in total. The Morgan fingerprint density at radius 2 is 2.25 bits per heavy atom. The molecular formula is C11H13N3OS. The van der Waals surface area contributed by atoms with Crippen LogP contribution in [0.3, 0.4) is 0 Å². The highest BCUT2D eigenvalue weighted by molar-refractivity contribution is 7.06. The molecular weight excluding hydrogens is 222 g/mol. The minimum atomic E-state index is 0.0231. The number of aromatic nitrogens is 2. The Kier molecular flexibility index (Phi) is 3.17. The molecule has 0 fully saturated rings. The number of nitrogens with two attached hydrogens (primary N) is 1. The van der Waals surface area contributed by atoms with Crippen LogP contribution in [0.4, 0.5) is 0 Å². The first-order chi connectivity index (χ1) is 7.70. The van der Waals surface area contributed by atoms with Crippen molar-refractivity contribution in [1.29, 1.82) is 0 Å². The van der Waals surface area contributed by atoms with E-state index in [1.54, 1.807) is 13.3 Å². The van der Waals surface area contributed by atoms with Crippen LogP contribution in [0.15, 0.2) is 24.4 Å². The normalized spacial score (nSPS) is 12.4. The Morgan fingerprint density at radius 3 is 2.88 bits per heavy atom. The van der Waals surface area contributed by atoms with Crippen molar-refractivity contribution >= 4 is 11.5 Å². The summed E-state index contributed by atoms with van der Waals surface area (Å²) in [5, 5.41) is 0. The predicted molar refractivity (Wildman–Crippen MR) is 64.5 cm³/mol. The van der Waals surface area contributed by atoms with Crippen LogP contribution < -0.4 is 10.5 Å². The quantitative estimate of drug-likeness (QED) is 0.886. The second-order valence-electron chi connectivity index (χ2n) is 3.49. The number of rotatable bonds is 3. The first-order valence-corrected chi connectivity index (χ1v) is 5.70. The van der Waals surface area contributed by atoms with Gasteiger partial charge in [0.2, 0.25) is 5.88 Å². The van der Waals surface area contributed by atoms with Crippen LogP contribution >= 0.6 is 11.5 Å². The van der Waals surface area contributed by atoms with Crippen molar-refractivity contribution in [3.05, 3.63) is 29.3 Å². The molecule has 0 saturated carbocycles. The molecule has 2 heterocycles. The minimum absolute atomic E-state index is 0.0231. The number of methoxy groups -OCH3 is 1. The molecule has 0 aliphatic rings. The lowest BCUT2D eigenvalue weighted by Gasteiger charge is -2.00. The van der Waals surface area contributed by atoms with Gasteiger partial charge in [-0.3, -0.25) is 0 Å². The zero-order valence-corrected chi connectivity index (χ0v) is 9.99. The van der Waals surface area contributed by atoms with Crippen molar-refractivity contribution in [2.24, 2.45) is 5.73 Å². The predicted octanol–water partition coefficient (Wildman–Crippen LogP) is 2.23. The summed E-state index contributed by atoms with van der Waals surface area (Å²) in [4.78, 5) is 5.13. The first kappa shape index (κ1) is 11.0. The van der Waals surface area contributed by atoms with E-state index in [9.17, 15) is 0 Å². The average Bonchev–Trinajstić information content (AvgIpc) is 2.78. The van der Waals surface area contributed by atoms with Crippen molar-refractivity contribution in [3.63, 3.8) is 0 Å². The molecule has 0 aliphatic heterocycles. The molecule has 2 rings (SSSR count). The smallest absolute Gasteiger partial charge is 0.213 e. The van der Waals surface area contributed by atoms with Crippen LogP contribution in [-0.2, 0) is 0 Å². The van der Waals surface area contributed by atoms with Crippen LogP contribution in [0.25, 0.3) is 11.3 Å². The second-order valence-corrected chi connectivity index (χ2v) is 4.33. The summed E-state index contributed by atoms with van der Waals surface area (Å²) < 4.78 is 9.43. The van der Waals surface area contributed by atoms with E-state index in [-0.39, 0.29) is 6.04 Å². The van der Waals surface area contributed by atoms with Gasteiger partial charge in [0.05, 0.1) is 12.8 Å². The lowest BCUT2D eigenvalue weighted by molar-refractivity contribution is 0.398. The third-order valence-electron chi connectivity index (χ3n) is 2.22. The number of nitrogens with zero attached hydrogens (tertiary/aromatic N) is 2. The minimum Gasteiger partial charge on any atom is -0.481 e. The van der Waals surface area contributed by atoms with Gasteiger partial charge in [-0.1, -0.05) is 0 Å². The number of ether oxygens (including phenoxy) is 1. The average molecular weight is 235 g/mol. The van der Waals surface area contributed by atoms with Crippen LogP contribution in [-0.4, -0.2) is 16.5 Å². The van der Waals surface area contributed by atoms with E-state index in [1.165, 1.54) is 11.5 Å². The monoisotopic (exact) mass is 235 g/mol. The SMILES string of the molecule is COc1cc(-c2cc([C@H](C)N)sn2)ccn1. The fourth-order valence-corrected chi connectivity index (χ4v) is 2.01. The van der Waals surface area contributed by atoms with E-state index in [2.05, 4.69) is 9.36 Å². The van der Waals surface area contributed by atoms with Gasteiger partial charge in [-0.25, -0.2) is 4.98 Å². The van der Waals surface area contributed by atoms with Crippen molar-refractivity contribution in [2.45, 2.75) is 13.0 Å². The summed E-state index contributed by atoms with van der Waals surface area (Å²) in [7, 11) is 1.60. The maximum atomic E-state index is 5.79. The number of hydrogen-bond acceptors (Lipinski definition) is 5. The molecule has 2 aromatic heterocycles. The lowest BCUT2D eigenvalue weighted by Crippen LogP contribution is -2.01. The Morgan fingerprint density at radius 1 is 1.44 bits per heavy atom. The van der Waals surface area contributed by atoms with Gasteiger partial charge in [-0.15, -0.1) is 0 Å². The summed E-state index contributed by atoms with van der Waals surface area (Å²) in [6.07, 6.45) is 1.71. The molecule has 5 heteroatoms. The summed E-state index contributed by atoms with van der Waals surface area (Å²) in [6.45, 7) is 1.95. The van der Waals surface area contributed by atoms with Crippen LogP contribution in [0.5, 0.6) is 5.88 Å². The lowest BCUT2D eigenvalue weighted by atomic mass is 10.1. The molecule has 84 valence electrons. The molecule has 16 heavy (non-hydrogen) atoms. The topological polar surface area (TPSA) is 61.0 Å². The second kappa shape index (κ2) is 4.59. The van der Waals surface area contributed by atoms with Gasteiger partial charge in [0.1, 0.15) is 0 Å². The van der Waals surface area contributed by atoms with E-state index in [0.717, 1.165) is 16.1 Å². The summed E-state index contributed by atoms with van der Waals surface area (Å²) >= 11 is 1.43. The molecule has 0 bridgehead atoms. The molecule has 2 aromatic rings. The molecule has 0 radical (unpaired) electrons. The Balaban J connectivity index is 2.34. The van der Waals surface area contributed by atoms with Gasteiger partial charge < -0.3 is 10.5 Å². The molecule has 0 aliphatic carbocycles. The Bertz CT molecular complexity index is 482. The van der Waals surface area contributed by atoms with Crippen LogP contribution in [0.2, 0.25) is 0 Å². The highest BCUT2D eigenvalue weighted by atomic mass is 32.1. The molecule has 0 unspecified atom stereocenters. The van der Waals surface area contributed by atoms with E-state index >= 15 is 0 Å². The standard InChI is InChI=1S/C11H13N3OS/c1-7(12)10-6-9(14-16-10)8-3-4-13-11(5-8)15-2/h3-7H,12H2,1-2H3/t7-/m0/s1. The maximum absolute atomic E-state index is 5.79. The maximum Gasteiger partial charge on any atom is 0.213 e. The van der Waals surface area contributed by atoms with Gasteiger partial charge in [0, 0.05) is 28.7 Å². The summed E-state index contributed by atoms with van der Waals surface area (Å²) in [5.41, 5.74) is 7.70. The van der Waals surface area contributed by atoms with Crippen molar-refractivity contribution in [1.82, 2.24) is 9.36 Å². The Labute approximate surface area is 98.3 Å². The molecule has 0 aromatic carbocycles. The third kappa shape index (κ3) is 2.20. The highest BCUT2D eigenvalue weighted by Crippen LogP contribution is 2.26. The Hall–Kier alpha value is -1.46. The molecule has 0 amide bonds. The van der Waals surface area contributed by atoms with Crippen LogP contribution in [0, 0.1) is 0 Å². The zero-order valence-electron chi connectivity index (χ0n) is 9.18. The molecule has 4 nitrogen and oxygen atoms in total. The number of pyridine rings is 1. The van der Waals surface area contributed by atoms with Gasteiger partial charge in [0.25, 0.3) is 0 Å². The highest BCUT2D eigenvalue weighted by Gasteiger charge is 2.08. The molecule has 0 saturated heterocycles. The fraction of sp³-hybridized carbons (Fsp3) is 0.273. The van der Waals surface area contributed by atoms with E-state index in [4.69, 9.17) is 10.5 Å². The van der Waals surface area contributed by atoms with Crippen molar-refractivity contribution in [3.8, 4) is 17.1 Å². The largest absolute Gasteiger partial charge is 0.481 e. The van der Waals surface area contributed by atoms with Gasteiger partial charge >= 0.3 is 0 Å². The van der Waals surface area contributed by atoms with E-state index in [0.29, 0.717) is 5.88 Å². The summed E-state index contributed by atoms with van der Waals surface area (Å²) in [5.74, 6) is 0.591. The van der Waals surface area contributed by atoms with Crippen LogP contribution in [0.1, 0.15) is 17.8 Å². The fourth-order valence-electron chi connectivity index (χ4n) is 1.32. The molecule has 0 spiro atoms. The summed E-state index contributed by atoms with van der Waals surface area (Å²) in [6, 6.07) is 5.79. The van der Waals surface area contributed by atoms with E-state index in [1.807, 2.05) is 25.1 Å². The van der Waals surface area contributed by atoms with Gasteiger partial charge in [-0.05, 0) is 30.6 Å².